The Morgan fingerprint density at radius 3 is 2.33 bits per heavy atom. The highest BCUT2D eigenvalue weighted by Gasteiger charge is 2.20. The normalized spacial score (nSPS) is 19.3. The Hall–Kier alpha value is -0.570. The molecule has 84 valence electrons. The summed E-state index contributed by atoms with van der Waals surface area (Å²) in [6.07, 6.45) is 2.41. The topological polar surface area (TPSA) is 38.0 Å². The van der Waals surface area contributed by atoms with Crippen LogP contribution in [-0.4, -0.2) is 13.1 Å². The van der Waals surface area contributed by atoms with E-state index < -0.39 is 0 Å². The average molecular weight is 227 g/mol. The maximum atomic E-state index is 6.24. The van der Waals surface area contributed by atoms with Crippen LogP contribution in [0.3, 0.4) is 0 Å². The monoisotopic (exact) mass is 226 g/mol. The molecule has 1 saturated heterocycles. The van der Waals surface area contributed by atoms with Crippen molar-refractivity contribution in [2.24, 2.45) is 11.7 Å². The van der Waals surface area contributed by atoms with E-state index in [9.17, 15) is 0 Å². The number of benzene rings is 1. The van der Waals surface area contributed by atoms with Gasteiger partial charge in [-0.05, 0) is 37.4 Å². The van der Waals surface area contributed by atoms with E-state index in [0.29, 0.717) is 5.92 Å². The quantitative estimate of drug-likeness (QED) is 0.811. The third kappa shape index (κ3) is 3.20. The van der Waals surface area contributed by atoms with Gasteiger partial charge in [0.1, 0.15) is 0 Å². The number of nitrogens with one attached hydrogen (secondary N) is 1. The highest BCUT2D eigenvalue weighted by Crippen LogP contribution is 2.26. The summed E-state index contributed by atoms with van der Waals surface area (Å²) in [5.74, 6) is 0.652. The van der Waals surface area contributed by atoms with Crippen LogP contribution < -0.4 is 11.1 Å². The van der Waals surface area contributed by atoms with Gasteiger partial charge in [-0.2, -0.15) is 0 Å². The van der Waals surface area contributed by atoms with Crippen LogP contribution in [0.25, 0.3) is 0 Å². The lowest BCUT2D eigenvalue weighted by Gasteiger charge is -2.28. The zero-order valence-corrected chi connectivity index (χ0v) is 9.67. The van der Waals surface area contributed by atoms with Crippen molar-refractivity contribution in [3.05, 3.63) is 35.9 Å². The van der Waals surface area contributed by atoms with Gasteiger partial charge in [-0.25, -0.2) is 0 Å². The predicted molar refractivity (Wildman–Crippen MR) is 66.2 cm³/mol. The molecule has 0 aliphatic carbocycles. The molecule has 0 bridgehead atoms. The first-order chi connectivity index (χ1) is 6.88. The van der Waals surface area contributed by atoms with Crippen LogP contribution in [0.5, 0.6) is 0 Å². The van der Waals surface area contributed by atoms with Crippen LogP contribution in [0.2, 0.25) is 0 Å². The van der Waals surface area contributed by atoms with Crippen molar-refractivity contribution in [2.75, 3.05) is 13.1 Å². The Balaban J connectivity index is 0.00000112. The van der Waals surface area contributed by atoms with Gasteiger partial charge in [0, 0.05) is 6.04 Å². The first-order valence-corrected chi connectivity index (χ1v) is 5.39. The van der Waals surface area contributed by atoms with E-state index in [1.54, 1.807) is 0 Å². The molecule has 1 aromatic carbocycles. The lowest BCUT2D eigenvalue weighted by molar-refractivity contribution is 0.322. The molecule has 0 aromatic heterocycles. The van der Waals surface area contributed by atoms with Crippen molar-refractivity contribution >= 4 is 12.4 Å². The minimum absolute atomic E-state index is 0. The summed E-state index contributed by atoms with van der Waals surface area (Å²) in [5.41, 5.74) is 7.52. The predicted octanol–water partition coefficient (Wildman–Crippen LogP) is 2.11. The second kappa shape index (κ2) is 6.11. The molecule has 3 N–H and O–H groups in total. The molecule has 3 heteroatoms. The Labute approximate surface area is 97.7 Å². The summed E-state index contributed by atoms with van der Waals surface area (Å²) >= 11 is 0. The molecule has 1 heterocycles. The van der Waals surface area contributed by atoms with Crippen molar-refractivity contribution < 1.29 is 0 Å². The summed E-state index contributed by atoms with van der Waals surface area (Å²) in [6.45, 7) is 2.23. The van der Waals surface area contributed by atoms with Gasteiger partial charge in [0.05, 0.1) is 0 Å². The first kappa shape index (κ1) is 12.5. The zero-order chi connectivity index (χ0) is 9.80. The fourth-order valence-corrected chi connectivity index (χ4v) is 2.15. The highest BCUT2D eigenvalue weighted by atomic mass is 35.5. The summed E-state index contributed by atoms with van der Waals surface area (Å²) in [5, 5.41) is 3.37. The van der Waals surface area contributed by atoms with Gasteiger partial charge in [0.25, 0.3) is 0 Å². The molecule has 2 nitrogen and oxygen atoms in total. The lowest BCUT2D eigenvalue weighted by atomic mass is 9.87. The Bertz CT molecular complexity index is 270. The fraction of sp³-hybridized carbons (Fsp3) is 0.500. The van der Waals surface area contributed by atoms with E-state index >= 15 is 0 Å². The molecule has 1 fully saturated rings. The summed E-state index contributed by atoms with van der Waals surface area (Å²) in [6, 6.07) is 10.7. The number of hydrogen-bond acceptors (Lipinski definition) is 2. The molecule has 0 radical (unpaired) electrons. The number of nitrogens with two attached hydrogens (primary N) is 1. The van der Waals surface area contributed by atoms with E-state index in [-0.39, 0.29) is 18.4 Å². The van der Waals surface area contributed by atoms with Gasteiger partial charge < -0.3 is 11.1 Å². The largest absolute Gasteiger partial charge is 0.324 e. The Morgan fingerprint density at radius 1 is 1.13 bits per heavy atom. The maximum absolute atomic E-state index is 6.24. The minimum atomic E-state index is 0. The molecule has 15 heavy (non-hydrogen) atoms. The summed E-state index contributed by atoms with van der Waals surface area (Å²) < 4.78 is 0. The van der Waals surface area contributed by atoms with Crippen molar-refractivity contribution in [3.8, 4) is 0 Å². The second-order valence-electron chi connectivity index (χ2n) is 4.02. The van der Waals surface area contributed by atoms with Crippen molar-refractivity contribution in [3.63, 3.8) is 0 Å². The van der Waals surface area contributed by atoms with Crippen LogP contribution in [0.4, 0.5) is 0 Å². The third-order valence-electron chi connectivity index (χ3n) is 3.08. The number of rotatable bonds is 2. The molecule has 1 aliphatic rings. The average Bonchev–Trinajstić information content (AvgIpc) is 2.30. The molecule has 1 aliphatic heterocycles. The van der Waals surface area contributed by atoms with Crippen LogP contribution in [0.15, 0.2) is 30.3 Å². The summed E-state index contributed by atoms with van der Waals surface area (Å²) in [4.78, 5) is 0. The van der Waals surface area contributed by atoms with Gasteiger partial charge in [-0.1, -0.05) is 30.3 Å². The van der Waals surface area contributed by atoms with Gasteiger partial charge in [0.15, 0.2) is 0 Å². The second-order valence-corrected chi connectivity index (χ2v) is 4.02. The fourth-order valence-electron chi connectivity index (χ4n) is 2.15. The van der Waals surface area contributed by atoms with Crippen LogP contribution in [-0.2, 0) is 0 Å². The molecule has 0 amide bonds. The maximum Gasteiger partial charge on any atom is 0.0324 e. The smallest absolute Gasteiger partial charge is 0.0324 e. The Morgan fingerprint density at radius 2 is 1.73 bits per heavy atom. The molecule has 0 spiro atoms. The molecule has 2 rings (SSSR count). The van der Waals surface area contributed by atoms with Crippen LogP contribution in [0.1, 0.15) is 24.4 Å². The van der Waals surface area contributed by atoms with Gasteiger partial charge in [-0.15, -0.1) is 12.4 Å². The number of piperidine rings is 1. The van der Waals surface area contributed by atoms with Crippen molar-refractivity contribution in [1.82, 2.24) is 5.32 Å². The van der Waals surface area contributed by atoms with E-state index in [1.165, 1.54) is 18.4 Å². The first-order valence-electron chi connectivity index (χ1n) is 5.39. The number of hydrogen-bond donors (Lipinski definition) is 2. The van der Waals surface area contributed by atoms with Crippen LogP contribution in [0, 0.1) is 5.92 Å². The van der Waals surface area contributed by atoms with E-state index in [1.807, 2.05) is 6.07 Å². The highest BCUT2D eigenvalue weighted by molar-refractivity contribution is 5.85. The van der Waals surface area contributed by atoms with E-state index in [0.717, 1.165) is 13.1 Å². The molecular weight excluding hydrogens is 208 g/mol. The number of halogens is 1. The molecule has 0 saturated carbocycles. The van der Waals surface area contributed by atoms with Gasteiger partial charge in [0.2, 0.25) is 0 Å². The van der Waals surface area contributed by atoms with E-state index in [2.05, 4.69) is 29.6 Å². The van der Waals surface area contributed by atoms with E-state index in [4.69, 9.17) is 5.73 Å². The lowest BCUT2D eigenvalue weighted by Crippen LogP contribution is -2.33. The SMILES string of the molecule is Cl.N[C@@H](c1ccccc1)C1CCNCC1. The van der Waals surface area contributed by atoms with Crippen molar-refractivity contribution in [1.29, 1.82) is 0 Å². The molecular formula is C12H19ClN2. The zero-order valence-electron chi connectivity index (χ0n) is 8.86. The van der Waals surface area contributed by atoms with Gasteiger partial charge >= 0.3 is 0 Å². The third-order valence-corrected chi connectivity index (χ3v) is 3.08. The van der Waals surface area contributed by atoms with Crippen LogP contribution >= 0.6 is 12.4 Å². The van der Waals surface area contributed by atoms with Gasteiger partial charge in [-0.3, -0.25) is 0 Å². The molecule has 0 unspecified atom stereocenters. The minimum Gasteiger partial charge on any atom is -0.324 e. The van der Waals surface area contributed by atoms with Crippen molar-refractivity contribution in [2.45, 2.75) is 18.9 Å². The molecule has 1 atom stereocenters. The molecule has 1 aromatic rings. The Kier molecular flexibility index (Phi) is 5.09. The standard InChI is InChI=1S/C12H18N2.ClH/c13-12(10-4-2-1-3-5-10)11-6-8-14-9-7-11;/h1-5,11-12,14H,6-9,13H2;1H/t12-;/m0./s1. The summed E-state index contributed by atoms with van der Waals surface area (Å²) in [7, 11) is 0.